The topological polar surface area (TPSA) is 3.24 Å². The van der Waals surface area contributed by atoms with Crippen molar-refractivity contribution in [3.63, 3.8) is 0 Å². The molecule has 0 unspecified atom stereocenters. The highest BCUT2D eigenvalue weighted by molar-refractivity contribution is 6.14. The maximum atomic E-state index is 2.44. The van der Waals surface area contributed by atoms with Crippen molar-refractivity contribution in [2.45, 2.75) is 0 Å². The molecule has 1 nitrogen and oxygen atoms in total. The van der Waals surface area contributed by atoms with Gasteiger partial charge < -0.3 is 4.90 Å². The first kappa shape index (κ1) is 37.7. The highest BCUT2D eigenvalue weighted by Gasteiger charge is 2.20. The Labute approximate surface area is 369 Å². The first-order valence-electron chi connectivity index (χ1n) is 21.7. The van der Waals surface area contributed by atoms with Gasteiger partial charge in [0.15, 0.2) is 0 Å². The summed E-state index contributed by atoms with van der Waals surface area (Å²) < 4.78 is 0. The van der Waals surface area contributed by atoms with E-state index < -0.39 is 0 Å². The summed E-state index contributed by atoms with van der Waals surface area (Å²) in [6.45, 7) is 0. The van der Waals surface area contributed by atoms with E-state index in [0.29, 0.717) is 0 Å². The van der Waals surface area contributed by atoms with E-state index in [-0.39, 0.29) is 0 Å². The molecule has 63 heavy (non-hydrogen) atoms. The Balaban J connectivity index is 1.14. The Kier molecular flexibility index (Phi) is 9.97. The number of hydrogen-bond donors (Lipinski definition) is 0. The zero-order chi connectivity index (χ0) is 42.0. The van der Waals surface area contributed by atoms with Crippen molar-refractivity contribution < 1.29 is 0 Å². The quantitative estimate of drug-likeness (QED) is 0.131. The standard InChI is InChI=1S/C62H43N/c1-5-18-44(19-6-1)49-27-17-28-50(38-49)46-32-34-54(35-33-46)63(55-36-37-58(47-22-9-3-10-23-47)62(43-55)48-24-11-4-12-25-48)56-40-52(45-20-7-2-8-21-45)39-53(41-56)61-42-51-26-13-14-29-57(51)59-30-15-16-31-60(59)61/h1-43H. The molecule has 11 aromatic rings. The molecule has 0 aromatic heterocycles. The van der Waals surface area contributed by atoms with Gasteiger partial charge in [-0.05, 0) is 143 Å². The summed E-state index contributed by atoms with van der Waals surface area (Å²) in [5.74, 6) is 0. The SMILES string of the molecule is c1ccc(-c2cccc(-c3ccc(N(c4cc(-c5ccccc5)cc(-c5cc6ccccc6c6ccccc56)c4)c4ccc(-c5ccccc5)c(-c5ccccc5)c4)cc3)c2)cc1. The molecule has 1 heteroatoms. The summed E-state index contributed by atoms with van der Waals surface area (Å²) in [7, 11) is 0. The van der Waals surface area contributed by atoms with Crippen molar-refractivity contribution in [2.24, 2.45) is 0 Å². The zero-order valence-electron chi connectivity index (χ0n) is 34.8. The summed E-state index contributed by atoms with van der Waals surface area (Å²) in [5, 5.41) is 4.98. The molecule has 0 aliphatic heterocycles. The van der Waals surface area contributed by atoms with Gasteiger partial charge in [-0.3, -0.25) is 0 Å². The van der Waals surface area contributed by atoms with Gasteiger partial charge in [0.1, 0.15) is 0 Å². The highest BCUT2D eigenvalue weighted by Crippen LogP contribution is 2.45. The summed E-state index contributed by atoms with van der Waals surface area (Å²) in [4.78, 5) is 2.44. The average molecular weight is 802 g/mol. The lowest BCUT2D eigenvalue weighted by Gasteiger charge is -2.28. The molecule has 0 saturated carbocycles. The predicted molar refractivity (Wildman–Crippen MR) is 269 cm³/mol. The largest absolute Gasteiger partial charge is 0.310 e. The van der Waals surface area contributed by atoms with Crippen molar-refractivity contribution in [3.05, 3.63) is 261 Å². The molecule has 0 fully saturated rings. The number of fused-ring (bicyclic) bond motifs is 3. The van der Waals surface area contributed by atoms with Crippen LogP contribution in [0, 0.1) is 0 Å². The first-order valence-corrected chi connectivity index (χ1v) is 21.7. The maximum Gasteiger partial charge on any atom is 0.0473 e. The Morgan fingerprint density at radius 1 is 0.190 bits per heavy atom. The van der Waals surface area contributed by atoms with Crippen LogP contribution < -0.4 is 4.90 Å². The second-order valence-electron chi connectivity index (χ2n) is 16.1. The summed E-state index contributed by atoms with van der Waals surface area (Å²) in [5.41, 5.74) is 17.4. The molecule has 0 spiro atoms. The smallest absolute Gasteiger partial charge is 0.0473 e. The summed E-state index contributed by atoms with van der Waals surface area (Å²) >= 11 is 0. The molecule has 0 amide bonds. The highest BCUT2D eigenvalue weighted by atomic mass is 15.1. The van der Waals surface area contributed by atoms with Gasteiger partial charge in [-0.2, -0.15) is 0 Å². The fourth-order valence-electron chi connectivity index (χ4n) is 9.14. The van der Waals surface area contributed by atoms with Crippen molar-refractivity contribution in [3.8, 4) is 66.8 Å². The second kappa shape index (κ2) is 16.7. The minimum atomic E-state index is 1.07. The van der Waals surface area contributed by atoms with Crippen LogP contribution in [0.15, 0.2) is 261 Å². The molecular weight excluding hydrogens is 759 g/mol. The normalized spacial score (nSPS) is 11.2. The van der Waals surface area contributed by atoms with Gasteiger partial charge in [-0.25, -0.2) is 0 Å². The molecule has 0 heterocycles. The van der Waals surface area contributed by atoms with Crippen LogP contribution in [0.1, 0.15) is 0 Å². The molecule has 296 valence electrons. The minimum absolute atomic E-state index is 1.07. The zero-order valence-corrected chi connectivity index (χ0v) is 34.8. The predicted octanol–water partition coefficient (Wildman–Crippen LogP) is 17.5. The monoisotopic (exact) mass is 801 g/mol. The summed E-state index contributed by atoms with van der Waals surface area (Å²) in [6, 6.07) is 94.8. The minimum Gasteiger partial charge on any atom is -0.310 e. The van der Waals surface area contributed by atoms with Gasteiger partial charge in [-0.15, -0.1) is 0 Å². The van der Waals surface area contributed by atoms with Gasteiger partial charge in [-0.1, -0.05) is 206 Å². The molecule has 0 N–H and O–H groups in total. The molecule has 0 aliphatic carbocycles. The Morgan fingerprint density at radius 3 is 1.30 bits per heavy atom. The number of hydrogen-bond acceptors (Lipinski definition) is 1. The van der Waals surface area contributed by atoms with Gasteiger partial charge in [0.05, 0.1) is 0 Å². The van der Waals surface area contributed by atoms with Gasteiger partial charge in [0, 0.05) is 17.1 Å². The van der Waals surface area contributed by atoms with Crippen molar-refractivity contribution >= 4 is 38.6 Å². The van der Waals surface area contributed by atoms with Crippen molar-refractivity contribution in [1.29, 1.82) is 0 Å². The van der Waals surface area contributed by atoms with E-state index in [1.165, 1.54) is 77.2 Å². The number of rotatable bonds is 9. The van der Waals surface area contributed by atoms with E-state index in [2.05, 4.69) is 266 Å². The number of benzene rings is 11. The Hall–Kier alpha value is -8.26. The number of anilines is 3. The third-order valence-corrected chi connectivity index (χ3v) is 12.2. The van der Waals surface area contributed by atoms with E-state index in [1.807, 2.05) is 0 Å². The molecule has 0 aliphatic rings. The molecule has 0 bridgehead atoms. The first-order chi connectivity index (χ1) is 31.2. The molecular formula is C62H43N. The van der Waals surface area contributed by atoms with Gasteiger partial charge in [0.2, 0.25) is 0 Å². The van der Waals surface area contributed by atoms with Crippen LogP contribution in [0.25, 0.3) is 88.3 Å². The molecule has 11 aromatic carbocycles. The lowest BCUT2D eigenvalue weighted by Crippen LogP contribution is -2.11. The van der Waals surface area contributed by atoms with Crippen LogP contribution in [0.4, 0.5) is 17.1 Å². The molecule has 0 radical (unpaired) electrons. The maximum absolute atomic E-state index is 2.44. The van der Waals surface area contributed by atoms with Crippen LogP contribution in [0.2, 0.25) is 0 Å². The van der Waals surface area contributed by atoms with E-state index in [1.54, 1.807) is 0 Å². The lowest BCUT2D eigenvalue weighted by molar-refractivity contribution is 1.28. The van der Waals surface area contributed by atoms with Crippen LogP contribution in [0.5, 0.6) is 0 Å². The van der Waals surface area contributed by atoms with E-state index in [9.17, 15) is 0 Å². The van der Waals surface area contributed by atoms with Gasteiger partial charge >= 0.3 is 0 Å². The van der Waals surface area contributed by atoms with E-state index in [0.717, 1.165) is 28.2 Å². The Bertz CT molecular complexity index is 3360. The molecule has 11 rings (SSSR count). The molecule has 0 atom stereocenters. The molecule has 0 saturated heterocycles. The van der Waals surface area contributed by atoms with Gasteiger partial charge in [0.25, 0.3) is 0 Å². The number of nitrogens with zero attached hydrogens (tertiary/aromatic N) is 1. The van der Waals surface area contributed by atoms with E-state index in [4.69, 9.17) is 0 Å². The third kappa shape index (κ3) is 7.47. The summed E-state index contributed by atoms with van der Waals surface area (Å²) in [6.07, 6.45) is 0. The van der Waals surface area contributed by atoms with Crippen molar-refractivity contribution in [2.75, 3.05) is 4.90 Å². The second-order valence-corrected chi connectivity index (χ2v) is 16.1. The van der Waals surface area contributed by atoms with Crippen LogP contribution in [0.3, 0.4) is 0 Å². The average Bonchev–Trinajstić information content (AvgIpc) is 3.37. The fourth-order valence-corrected chi connectivity index (χ4v) is 9.14. The fraction of sp³-hybridized carbons (Fsp3) is 0. The van der Waals surface area contributed by atoms with Crippen LogP contribution in [-0.4, -0.2) is 0 Å². The van der Waals surface area contributed by atoms with Crippen molar-refractivity contribution in [1.82, 2.24) is 0 Å². The lowest BCUT2D eigenvalue weighted by atomic mass is 9.91. The van der Waals surface area contributed by atoms with E-state index >= 15 is 0 Å². The van der Waals surface area contributed by atoms with Crippen LogP contribution in [-0.2, 0) is 0 Å². The van der Waals surface area contributed by atoms with Crippen LogP contribution >= 0.6 is 0 Å². The third-order valence-electron chi connectivity index (χ3n) is 12.2. The Morgan fingerprint density at radius 2 is 0.651 bits per heavy atom.